The number of aromatic nitrogens is 2. The zero-order chi connectivity index (χ0) is 19.4. The van der Waals surface area contributed by atoms with Crippen molar-refractivity contribution in [2.75, 3.05) is 0 Å². The second-order valence-electron chi connectivity index (χ2n) is 5.89. The van der Waals surface area contributed by atoms with Gasteiger partial charge in [-0.25, -0.2) is 18.6 Å². The molecule has 138 valence electrons. The largest absolute Gasteiger partial charge is 0.480 e. The number of hydrogen-bond acceptors (Lipinski definition) is 4. The van der Waals surface area contributed by atoms with Crippen molar-refractivity contribution in [2.24, 2.45) is 0 Å². The van der Waals surface area contributed by atoms with Gasteiger partial charge in [0.05, 0.1) is 23.1 Å². The monoisotopic (exact) mass is 371 g/mol. The van der Waals surface area contributed by atoms with E-state index >= 15 is 0 Å². The van der Waals surface area contributed by atoms with E-state index in [9.17, 15) is 23.5 Å². The molecule has 1 atom stereocenters. The normalized spacial score (nSPS) is 11.9. The molecule has 2 aromatic carbocycles. The summed E-state index contributed by atoms with van der Waals surface area (Å²) in [4.78, 5) is 32.1. The van der Waals surface area contributed by atoms with Gasteiger partial charge < -0.3 is 10.4 Å². The molecule has 3 rings (SSSR count). The summed E-state index contributed by atoms with van der Waals surface area (Å²) in [6, 6.07) is 9.04. The Balaban J connectivity index is 1.73. The number of para-hydroxylation sites is 2. The Labute approximate surface area is 152 Å². The third-order valence-corrected chi connectivity index (χ3v) is 3.94. The van der Waals surface area contributed by atoms with Gasteiger partial charge in [-0.15, -0.1) is 0 Å². The number of carboxylic acid groups (broad SMARTS) is 1. The topological polar surface area (TPSA) is 92.2 Å². The maximum Gasteiger partial charge on any atom is 0.326 e. The van der Waals surface area contributed by atoms with Gasteiger partial charge >= 0.3 is 5.97 Å². The van der Waals surface area contributed by atoms with E-state index in [0.29, 0.717) is 16.7 Å². The van der Waals surface area contributed by atoms with Crippen LogP contribution in [0.4, 0.5) is 8.78 Å². The molecule has 27 heavy (non-hydrogen) atoms. The van der Waals surface area contributed by atoms with Crippen molar-refractivity contribution in [3.05, 3.63) is 71.6 Å². The second-order valence-corrected chi connectivity index (χ2v) is 5.89. The lowest BCUT2D eigenvalue weighted by Gasteiger charge is -2.15. The van der Waals surface area contributed by atoms with Crippen LogP contribution in [0.1, 0.15) is 11.3 Å². The molecule has 0 aliphatic carbocycles. The highest BCUT2D eigenvalue weighted by Gasteiger charge is 2.23. The molecule has 0 aliphatic heterocycles. The van der Waals surface area contributed by atoms with Gasteiger partial charge in [-0.05, 0) is 24.3 Å². The minimum Gasteiger partial charge on any atom is -0.480 e. The molecule has 0 aliphatic rings. The Morgan fingerprint density at radius 1 is 1.04 bits per heavy atom. The molecule has 2 N–H and O–H groups in total. The molecule has 1 heterocycles. The van der Waals surface area contributed by atoms with Crippen molar-refractivity contribution >= 4 is 22.9 Å². The third-order valence-electron chi connectivity index (χ3n) is 3.94. The maximum atomic E-state index is 13.6. The van der Waals surface area contributed by atoms with Crippen molar-refractivity contribution in [1.82, 2.24) is 15.3 Å². The van der Waals surface area contributed by atoms with Gasteiger partial charge in [0.25, 0.3) is 0 Å². The number of benzene rings is 2. The summed E-state index contributed by atoms with van der Waals surface area (Å²) < 4.78 is 27.3. The van der Waals surface area contributed by atoms with Crippen LogP contribution in [-0.4, -0.2) is 33.0 Å². The molecule has 0 saturated carbocycles. The third kappa shape index (κ3) is 4.41. The lowest BCUT2D eigenvalue weighted by Crippen LogP contribution is -2.43. The molecule has 3 aromatic rings. The fourth-order valence-electron chi connectivity index (χ4n) is 2.61. The predicted molar refractivity (Wildman–Crippen MR) is 92.9 cm³/mol. The average molecular weight is 371 g/mol. The maximum absolute atomic E-state index is 13.6. The predicted octanol–water partition coefficient (Wildman–Crippen LogP) is 2.26. The minimum atomic E-state index is -1.30. The standard InChI is InChI=1S/C19H15F2N3O3/c20-13-4-3-5-14(21)12(13)9-18(25)24-17(19(26)27)8-11-10-22-15-6-1-2-7-16(15)23-11/h1-7,10,17H,8-9H2,(H,24,25)(H,26,27)/t17-/m0/s1. The number of carboxylic acids is 1. The summed E-state index contributed by atoms with van der Waals surface area (Å²) >= 11 is 0. The van der Waals surface area contributed by atoms with Gasteiger partial charge in [0.1, 0.15) is 17.7 Å². The van der Waals surface area contributed by atoms with E-state index in [1.54, 1.807) is 24.3 Å². The summed E-state index contributed by atoms with van der Waals surface area (Å²) in [5, 5.41) is 11.6. The molecule has 8 heteroatoms. The number of hydrogen-bond donors (Lipinski definition) is 2. The van der Waals surface area contributed by atoms with Gasteiger partial charge in [-0.2, -0.15) is 0 Å². The first-order chi connectivity index (χ1) is 12.9. The van der Waals surface area contributed by atoms with Crippen LogP contribution in [0.3, 0.4) is 0 Å². The number of halogens is 2. The lowest BCUT2D eigenvalue weighted by molar-refractivity contribution is -0.141. The Hall–Kier alpha value is -3.42. The quantitative estimate of drug-likeness (QED) is 0.693. The molecular weight excluding hydrogens is 356 g/mol. The number of fused-ring (bicyclic) bond motifs is 1. The second kappa shape index (κ2) is 7.86. The Morgan fingerprint density at radius 2 is 1.70 bits per heavy atom. The summed E-state index contributed by atoms with van der Waals surface area (Å²) in [5.41, 5.74) is 1.22. The number of amides is 1. The average Bonchev–Trinajstić information content (AvgIpc) is 2.64. The summed E-state index contributed by atoms with van der Waals surface area (Å²) in [7, 11) is 0. The number of carbonyl (C=O) groups excluding carboxylic acids is 1. The zero-order valence-corrected chi connectivity index (χ0v) is 14.0. The van der Waals surface area contributed by atoms with E-state index in [1.165, 1.54) is 12.3 Å². The van der Waals surface area contributed by atoms with Crippen molar-refractivity contribution < 1.29 is 23.5 Å². The highest BCUT2D eigenvalue weighted by Crippen LogP contribution is 2.13. The summed E-state index contributed by atoms with van der Waals surface area (Å²) in [6.45, 7) is 0. The van der Waals surface area contributed by atoms with Gasteiger partial charge in [0.15, 0.2) is 0 Å². The van der Waals surface area contributed by atoms with Crippen LogP contribution in [0.2, 0.25) is 0 Å². The van der Waals surface area contributed by atoms with Crippen molar-refractivity contribution in [1.29, 1.82) is 0 Å². The van der Waals surface area contributed by atoms with Gasteiger partial charge in [0.2, 0.25) is 5.91 Å². The van der Waals surface area contributed by atoms with E-state index in [4.69, 9.17) is 0 Å². The number of rotatable bonds is 6. The van der Waals surface area contributed by atoms with Crippen LogP contribution in [0, 0.1) is 11.6 Å². The van der Waals surface area contributed by atoms with E-state index in [-0.39, 0.29) is 6.42 Å². The molecular formula is C19H15F2N3O3. The smallest absolute Gasteiger partial charge is 0.326 e. The Bertz CT molecular complexity index is 990. The first kappa shape index (κ1) is 18.4. The Kier molecular flexibility index (Phi) is 5.35. The first-order valence-corrected chi connectivity index (χ1v) is 8.10. The fraction of sp³-hybridized carbons (Fsp3) is 0.158. The minimum absolute atomic E-state index is 0.112. The highest BCUT2D eigenvalue weighted by molar-refractivity contribution is 5.85. The molecule has 1 amide bonds. The number of nitrogens with zero attached hydrogens (tertiary/aromatic N) is 2. The summed E-state index contributed by atoms with van der Waals surface area (Å²) in [6.07, 6.45) is 0.714. The molecule has 0 radical (unpaired) electrons. The van der Waals surface area contributed by atoms with Crippen LogP contribution in [0.25, 0.3) is 11.0 Å². The fourth-order valence-corrected chi connectivity index (χ4v) is 2.61. The van der Waals surface area contributed by atoms with E-state index in [0.717, 1.165) is 12.1 Å². The summed E-state index contributed by atoms with van der Waals surface area (Å²) in [5.74, 6) is -3.82. The van der Waals surface area contributed by atoms with Gasteiger partial charge in [-0.3, -0.25) is 9.78 Å². The number of carbonyl (C=O) groups is 2. The molecule has 6 nitrogen and oxygen atoms in total. The highest BCUT2D eigenvalue weighted by atomic mass is 19.1. The van der Waals surface area contributed by atoms with E-state index in [1.807, 2.05) is 0 Å². The van der Waals surface area contributed by atoms with Crippen LogP contribution >= 0.6 is 0 Å². The van der Waals surface area contributed by atoms with Crippen LogP contribution in [-0.2, 0) is 22.4 Å². The molecule has 0 unspecified atom stereocenters. The molecule has 0 fully saturated rings. The first-order valence-electron chi connectivity index (χ1n) is 8.10. The van der Waals surface area contributed by atoms with Crippen LogP contribution in [0.5, 0.6) is 0 Å². The van der Waals surface area contributed by atoms with Crippen molar-refractivity contribution in [2.45, 2.75) is 18.9 Å². The Morgan fingerprint density at radius 3 is 2.37 bits per heavy atom. The van der Waals surface area contributed by atoms with Gasteiger partial charge in [-0.1, -0.05) is 18.2 Å². The molecule has 0 bridgehead atoms. The van der Waals surface area contributed by atoms with Crippen LogP contribution < -0.4 is 5.32 Å². The van der Waals surface area contributed by atoms with Crippen molar-refractivity contribution in [3.8, 4) is 0 Å². The lowest BCUT2D eigenvalue weighted by atomic mass is 10.1. The van der Waals surface area contributed by atoms with Gasteiger partial charge in [0, 0.05) is 18.2 Å². The molecule has 1 aromatic heterocycles. The van der Waals surface area contributed by atoms with Crippen LogP contribution in [0.15, 0.2) is 48.7 Å². The van der Waals surface area contributed by atoms with E-state index in [2.05, 4.69) is 15.3 Å². The van der Waals surface area contributed by atoms with E-state index < -0.39 is 41.5 Å². The molecule has 0 spiro atoms. The van der Waals surface area contributed by atoms with Crippen molar-refractivity contribution in [3.63, 3.8) is 0 Å². The zero-order valence-electron chi connectivity index (χ0n) is 14.0. The number of aliphatic carboxylic acids is 1. The SMILES string of the molecule is O=C(Cc1c(F)cccc1F)N[C@@H](Cc1cnc2ccccc2n1)C(=O)O. The molecule has 0 saturated heterocycles. The number of nitrogens with one attached hydrogen (secondary N) is 1.